The fourth-order valence-electron chi connectivity index (χ4n) is 1.91. The summed E-state index contributed by atoms with van der Waals surface area (Å²) in [6.45, 7) is 4.49. The Bertz CT molecular complexity index is 144. The smallest absolute Gasteiger partial charge is 0.0263 e. The minimum atomic E-state index is -0.510. The first-order valence-corrected chi connectivity index (χ1v) is 6.07. The molecule has 11 heavy (non-hydrogen) atoms. The van der Waals surface area contributed by atoms with E-state index in [9.17, 15) is 4.21 Å². The topological polar surface area (TPSA) is 17.1 Å². The SMILES string of the molecule is CCC1CCCS(=O)CC1C. The Morgan fingerprint density at radius 2 is 2.27 bits per heavy atom. The van der Waals surface area contributed by atoms with Gasteiger partial charge in [0.05, 0.1) is 0 Å². The molecule has 1 aliphatic rings. The largest absolute Gasteiger partial charge is 0.260 e. The van der Waals surface area contributed by atoms with Crippen molar-refractivity contribution >= 4 is 10.8 Å². The lowest BCUT2D eigenvalue weighted by atomic mass is 9.89. The van der Waals surface area contributed by atoms with Crippen LogP contribution in [0.4, 0.5) is 0 Å². The molecule has 1 fully saturated rings. The quantitative estimate of drug-likeness (QED) is 0.595. The van der Waals surface area contributed by atoms with Crippen LogP contribution in [0.1, 0.15) is 33.1 Å². The molecule has 1 aliphatic heterocycles. The number of hydrogen-bond acceptors (Lipinski definition) is 1. The minimum absolute atomic E-state index is 0.510. The maximum atomic E-state index is 11.3. The molecule has 3 atom stereocenters. The highest BCUT2D eigenvalue weighted by atomic mass is 32.2. The molecule has 1 rings (SSSR count). The molecule has 0 aromatic rings. The molecule has 1 saturated heterocycles. The van der Waals surface area contributed by atoms with E-state index >= 15 is 0 Å². The van der Waals surface area contributed by atoms with E-state index < -0.39 is 10.8 Å². The lowest BCUT2D eigenvalue weighted by Gasteiger charge is -2.17. The first-order chi connectivity index (χ1) is 5.24. The second-order valence-electron chi connectivity index (χ2n) is 3.60. The molecule has 2 heteroatoms. The van der Waals surface area contributed by atoms with E-state index in [4.69, 9.17) is 0 Å². The Hall–Kier alpha value is 0.150. The van der Waals surface area contributed by atoms with Crippen molar-refractivity contribution in [2.45, 2.75) is 33.1 Å². The van der Waals surface area contributed by atoms with Gasteiger partial charge in [-0.1, -0.05) is 20.3 Å². The highest BCUT2D eigenvalue weighted by Crippen LogP contribution is 2.25. The third-order valence-corrected chi connectivity index (χ3v) is 4.37. The van der Waals surface area contributed by atoms with Crippen LogP contribution in [0, 0.1) is 11.8 Å². The molecule has 0 aliphatic carbocycles. The first kappa shape index (κ1) is 9.24. The second kappa shape index (κ2) is 4.24. The van der Waals surface area contributed by atoms with E-state index in [0.717, 1.165) is 17.4 Å². The molecule has 1 nitrogen and oxygen atoms in total. The average Bonchev–Trinajstić information content (AvgIpc) is 2.11. The van der Waals surface area contributed by atoms with Crippen LogP contribution in [-0.2, 0) is 10.8 Å². The molecule has 3 unspecified atom stereocenters. The molecule has 0 spiro atoms. The predicted molar refractivity (Wildman–Crippen MR) is 50.1 cm³/mol. The third kappa shape index (κ3) is 2.58. The fraction of sp³-hybridized carbons (Fsp3) is 1.00. The molecule has 0 saturated carbocycles. The molecular formula is C9H18OS. The summed E-state index contributed by atoms with van der Waals surface area (Å²) in [5.41, 5.74) is 0. The van der Waals surface area contributed by atoms with E-state index in [1.807, 2.05) is 0 Å². The van der Waals surface area contributed by atoms with Crippen LogP contribution in [0.2, 0.25) is 0 Å². The van der Waals surface area contributed by atoms with Crippen LogP contribution in [0.15, 0.2) is 0 Å². The van der Waals surface area contributed by atoms with Gasteiger partial charge >= 0.3 is 0 Å². The van der Waals surface area contributed by atoms with Crippen molar-refractivity contribution in [1.82, 2.24) is 0 Å². The lowest BCUT2D eigenvalue weighted by Crippen LogP contribution is -2.14. The first-order valence-electron chi connectivity index (χ1n) is 4.59. The van der Waals surface area contributed by atoms with Crippen LogP contribution < -0.4 is 0 Å². The molecule has 0 bridgehead atoms. The molecular weight excluding hydrogens is 156 g/mol. The van der Waals surface area contributed by atoms with E-state index in [1.165, 1.54) is 19.3 Å². The van der Waals surface area contributed by atoms with Gasteiger partial charge in [-0.15, -0.1) is 0 Å². The normalized spacial score (nSPS) is 40.0. The van der Waals surface area contributed by atoms with E-state index in [-0.39, 0.29) is 0 Å². The lowest BCUT2D eigenvalue weighted by molar-refractivity contribution is 0.357. The van der Waals surface area contributed by atoms with Gasteiger partial charge in [-0.2, -0.15) is 0 Å². The maximum Gasteiger partial charge on any atom is 0.0263 e. The Morgan fingerprint density at radius 3 is 2.91 bits per heavy atom. The molecule has 1 heterocycles. The van der Waals surface area contributed by atoms with Crippen molar-refractivity contribution in [2.75, 3.05) is 11.5 Å². The molecule has 66 valence electrons. The van der Waals surface area contributed by atoms with Gasteiger partial charge in [-0.25, -0.2) is 0 Å². The number of rotatable bonds is 1. The second-order valence-corrected chi connectivity index (χ2v) is 5.22. The van der Waals surface area contributed by atoms with E-state index in [1.54, 1.807) is 0 Å². The maximum absolute atomic E-state index is 11.3. The van der Waals surface area contributed by atoms with Gasteiger partial charge in [-0.3, -0.25) is 4.21 Å². The van der Waals surface area contributed by atoms with Crippen molar-refractivity contribution in [3.63, 3.8) is 0 Å². The summed E-state index contributed by atoms with van der Waals surface area (Å²) in [5, 5.41) is 0. The average molecular weight is 174 g/mol. The number of hydrogen-bond donors (Lipinski definition) is 0. The van der Waals surface area contributed by atoms with Gasteiger partial charge in [0.2, 0.25) is 0 Å². The summed E-state index contributed by atoms with van der Waals surface area (Å²) in [5.74, 6) is 3.41. The summed E-state index contributed by atoms with van der Waals surface area (Å²) in [6.07, 6.45) is 3.73. The summed E-state index contributed by atoms with van der Waals surface area (Å²) in [7, 11) is -0.510. The summed E-state index contributed by atoms with van der Waals surface area (Å²) in [4.78, 5) is 0. The zero-order chi connectivity index (χ0) is 8.27. The van der Waals surface area contributed by atoms with Crippen LogP contribution >= 0.6 is 0 Å². The molecule has 0 aromatic carbocycles. The summed E-state index contributed by atoms with van der Waals surface area (Å²) < 4.78 is 11.3. The van der Waals surface area contributed by atoms with Gasteiger partial charge in [0.25, 0.3) is 0 Å². The minimum Gasteiger partial charge on any atom is -0.260 e. The van der Waals surface area contributed by atoms with Crippen molar-refractivity contribution < 1.29 is 4.21 Å². The third-order valence-electron chi connectivity index (χ3n) is 2.72. The Balaban J connectivity index is 2.50. The molecule has 0 amide bonds. The van der Waals surface area contributed by atoms with Gasteiger partial charge in [0.1, 0.15) is 0 Å². The standard InChI is InChI=1S/C9H18OS/c1-3-9-5-4-6-11(10)7-8(9)2/h8-9H,3-7H2,1-2H3. The molecule has 0 N–H and O–H groups in total. The van der Waals surface area contributed by atoms with Crippen LogP contribution in [-0.4, -0.2) is 15.7 Å². The van der Waals surface area contributed by atoms with E-state index in [0.29, 0.717) is 5.92 Å². The zero-order valence-electron chi connectivity index (χ0n) is 7.51. The summed E-state index contributed by atoms with van der Waals surface area (Å²) >= 11 is 0. The van der Waals surface area contributed by atoms with Gasteiger partial charge in [-0.05, 0) is 24.7 Å². The zero-order valence-corrected chi connectivity index (χ0v) is 8.32. The predicted octanol–water partition coefficient (Wildman–Crippen LogP) is 2.19. The Kier molecular flexibility index (Phi) is 3.57. The Morgan fingerprint density at radius 1 is 1.55 bits per heavy atom. The van der Waals surface area contributed by atoms with E-state index in [2.05, 4.69) is 13.8 Å². The highest BCUT2D eigenvalue weighted by Gasteiger charge is 2.21. The van der Waals surface area contributed by atoms with Crippen molar-refractivity contribution in [2.24, 2.45) is 11.8 Å². The molecule has 0 radical (unpaired) electrons. The fourth-order valence-corrected chi connectivity index (χ4v) is 3.42. The van der Waals surface area contributed by atoms with Crippen molar-refractivity contribution in [1.29, 1.82) is 0 Å². The van der Waals surface area contributed by atoms with Crippen LogP contribution in [0.3, 0.4) is 0 Å². The molecule has 0 aromatic heterocycles. The summed E-state index contributed by atoms with van der Waals surface area (Å²) in [6, 6.07) is 0. The van der Waals surface area contributed by atoms with Gasteiger partial charge < -0.3 is 0 Å². The van der Waals surface area contributed by atoms with Gasteiger partial charge in [0.15, 0.2) is 0 Å². The monoisotopic (exact) mass is 174 g/mol. The van der Waals surface area contributed by atoms with Crippen LogP contribution in [0.5, 0.6) is 0 Å². The van der Waals surface area contributed by atoms with Crippen molar-refractivity contribution in [3.8, 4) is 0 Å². The Labute approximate surface area is 72.0 Å². The highest BCUT2D eigenvalue weighted by molar-refractivity contribution is 7.84. The van der Waals surface area contributed by atoms with Crippen molar-refractivity contribution in [3.05, 3.63) is 0 Å². The van der Waals surface area contributed by atoms with Gasteiger partial charge in [0, 0.05) is 22.3 Å². The van der Waals surface area contributed by atoms with Crippen LogP contribution in [0.25, 0.3) is 0 Å².